The molecule has 0 radical (unpaired) electrons. The van der Waals surface area contributed by atoms with E-state index in [9.17, 15) is 19.2 Å². The van der Waals surface area contributed by atoms with Crippen molar-refractivity contribution < 1.29 is 23.5 Å². The normalized spacial score (nSPS) is 11.8. The molecule has 0 unspecified atom stereocenters. The molecular formula is C22H22N2O6. The summed E-state index contributed by atoms with van der Waals surface area (Å²) in [5.41, 5.74) is 1.93. The van der Waals surface area contributed by atoms with Crippen LogP contribution >= 0.6 is 0 Å². The van der Waals surface area contributed by atoms with Crippen molar-refractivity contribution in [3.05, 3.63) is 70.7 Å². The molecule has 30 heavy (non-hydrogen) atoms. The number of fused-ring (bicyclic) bond motifs is 1. The average molecular weight is 410 g/mol. The number of oxazole rings is 1. The standard InChI is InChI=1S/C22H22N2O6/c1-15(25)17(13-16-7-3-2-4-8-16)23-20(26)14-29-21(27)11-12-24-18-9-5-6-10-19(18)30-22(24)28/h2-10,17H,11-14H2,1H3,(H,23,26)/t17-/m1/s1. The van der Waals surface area contributed by atoms with E-state index in [-0.39, 0.29) is 18.7 Å². The number of aryl methyl sites for hydroxylation is 1. The fraction of sp³-hybridized carbons (Fsp3) is 0.273. The number of ether oxygens (including phenoxy) is 1. The Labute approximate surface area is 172 Å². The molecule has 0 aliphatic carbocycles. The van der Waals surface area contributed by atoms with E-state index >= 15 is 0 Å². The van der Waals surface area contributed by atoms with E-state index in [0.717, 1.165) is 5.56 Å². The van der Waals surface area contributed by atoms with Crippen LogP contribution in [0.4, 0.5) is 0 Å². The zero-order valence-corrected chi connectivity index (χ0v) is 16.5. The van der Waals surface area contributed by atoms with Gasteiger partial charge in [0.2, 0.25) is 0 Å². The summed E-state index contributed by atoms with van der Waals surface area (Å²) in [5, 5.41) is 2.59. The number of hydrogen-bond donors (Lipinski definition) is 1. The molecule has 8 nitrogen and oxygen atoms in total. The van der Waals surface area contributed by atoms with Crippen LogP contribution in [0.3, 0.4) is 0 Å². The summed E-state index contributed by atoms with van der Waals surface area (Å²) in [7, 11) is 0. The molecular weight excluding hydrogens is 388 g/mol. The van der Waals surface area contributed by atoms with Crippen LogP contribution in [0.15, 0.2) is 63.8 Å². The summed E-state index contributed by atoms with van der Waals surface area (Å²) >= 11 is 0. The van der Waals surface area contributed by atoms with Gasteiger partial charge in [-0.1, -0.05) is 42.5 Å². The van der Waals surface area contributed by atoms with Gasteiger partial charge in [-0.05, 0) is 31.0 Å². The van der Waals surface area contributed by atoms with Gasteiger partial charge in [0.15, 0.2) is 18.0 Å². The number of hydrogen-bond acceptors (Lipinski definition) is 6. The second-order valence-electron chi connectivity index (χ2n) is 6.82. The molecule has 0 aliphatic heterocycles. The van der Waals surface area contributed by atoms with Gasteiger partial charge >= 0.3 is 11.7 Å². The number of benzene rings is 2. The van der Waals surface area contributed by atoms with E-state index in [1.54, 1.807) is 24.3 Å². The molecule has 0 spiro atoms. The van der Waals surface area contributed by atoms with Crippen molar-refractivity contribution in [1.29, 1.82) is 0 Å². The Hall–Kier alpha value is -3.68. The summed E-state index contributed by atoms with van der Waals surface area (Å²) in [4.78, 5) is 47.8. The zero-order valence-electron chi connectivity index (χ0n) is 16.5. The van der Waals surface area contributed by atoms with Gasteiger partial charge in [0.1, 0.15) is 0 Å². The number of para-hydroxylation sites is 2. The number of rotatable bonds is 9. The molecule has 1 N–H and O–H groups in total. The van der Waals surface area contributed by atoms with E-state index in [4.69, 9.17) is 9.15 Å². The number of esters is 1. The van der Waals surface area contributed by atoms with Crippen molar-refractivity contribution in [2.45, 2.75) is 32.4 Å². The molecule has 3 rings (SSSR count). The van der Waals surface area contributed by atoms with Gasteiger partial charge in [0.25, 0.3) is 5.91 Å². The van der Waals surface area contributed by atoms with Gasteiger partial charge in [0, 0.05) is 6.54 Å². The monoisotopic (exact) mass is 410 g/mol. The van der Waals surface area contributed by atoms with Gasteiger partial charge in [0.05, 0.1) is 18.0 Å². The van der Waals surface area contributed by atoms with Gasteiger partial charge < -0.3 is 14.5 Å². The van der Waals surface area contributed by atoms with Crippen molar-refractivity contribution in [2.24, 2.45) is 0 Å². The maximum atomic E-state index is 12.1. The molecule has 1 atom stereocenters. The maximum Gasteiger partial charge on any atom is 0.419 e. The number of Topliss-reactive ketones (excluding diaryl/α,β-unsaturated/α-hetero) is 1. The Morgan fingerprint density at radius 2 is 1.77 bits per heavy atom. The molecule has 1 heterocycles. The molecule has 156 valence electrons. The average Bonchev–Trinajstić information content (AvgIpc) is 3.06. The molecule has 2 aromatic carbocycles. The third-order valence-corrected chi connectivity index (χ3v) is 4.59. The predicted molar refractivity (Wildman–Crippen MR) is 109 cm³/mol. The molecule has 0 saturated heterocycles. The molecule has 0 aliphatic rings. The highest BCUT2D eigenvalue weighted by molar-refractivity contribution is 5.88. The Morgan fingerprint density at radius 1 is 1.07 bits per heavy atom. The van der Waals surface area contributed by atoms with Gasteiger partial charge in [-0.25, -0.2) is 4.79 Å². The third kappa shape index (κ3) is 5.44. The summed E-state index contributed by atoms with van der Waals surface area (Å²) in [6.45, 7) is 0.964. The highest BCUT2D eigenvalue weighted by Crippen LogP contribution is 2.12. The summed E-state index contributed by atoms with van der Waals surface area (Å²) in [5.74, 6) is -1.95. The minimum Gasteiger partial charge on any atom is -0.456 e. The number of nitrogens with zero attached hydrogens (tertiary/aromatic N) is 1. The smallest absolute Gasteiger partial charge is 0.419 e. The van der Waals surface area contributed by atoms with Crippen LogP contribution in [0, 0.1) is 0 Å². The first-order chi connectivity index (χ1) is 14.4. The largest absolute Gasteiger partial charge is 0.456 e. The Kier molecular flexibility index (Phi) is 6.79. The third-order valence-electron chi connectivity index (χ3n) is 4.59. The lowest BCUT2D eigenvalue weighted by molar-refractivity contribution is -0.149. The molecule has 8 heteroatoms. The molecule has 0 saturated carbocycles. The van der Waals surface area contributed by atoms with Crippen LogP contribution in [0.2, 0.25) is 0 Å². The fourth-order valence-electron chi connectivity index (χ4n) is 3.03. The first-order valence-electron chi connectivity index (χ1n) is 9.52. The zero-order chi connectivity index (χ0) is 21.5. The van der Waals surface area contributed by atoms with Crippen molar-refractivity contribution in [1.82, 2.24) is 9.88 Å². The number of amides is 1. The van der Waals surface area contributed by atoms with E-state index in [0.29, 0.717) is 17.5 Å². The molecule has 0 bridgehead atoms. The Balaban J connectivity index is 1.48. The quantitative estimate of drug-likeness (QED) is 0.540. The van der Waals surface area contributed by atoms with Crippen molar-refractivity contribution in [2.75, 3.05) is 6.61 Å². The molecule has 3 aromatic rings. The lowest BCUT2D eigenvalue weighted by Crippen LogP contribution is -2.43. The topological polar surface area (TPSA) is 108 Å². The number of nitrogens with one attached hydrogen (secondary N) is 1. The van der Waals surface area contributed by atoms with Crippen LogP contribution in [0.5, 0.6) is 0 Å². The van der Waals surface area contributed by atoms with E-state index in [1.807, 2.05) is 30.3 Å². The number of ketones is 1. The van der Waals surface area contributed by atoms with E-state index in [2.05, 4.69) is 5.32 Å². The minimum absolute atomic E-state index is 0.0698. The van der Waals surface area contributed by atoms with Crippen LogP contribution in [-0.2, 0) is 32.1 Å². The van der Waals surface area contributed by atoms with Crippen LogP contribution in [0.1, 0.15) is 18.9 Å². The molecule has 0 fully saturated rings. The lowest BCUT2D eigenvalue weighted by atomic mass is 10.0. The lowest BCUT2D eigenvalue weighted by Gasteiger charge is -2.16. The van der Waals surface area contributed by atoms with Crippen LogP contribution in [0.25, 0.3) is 11.1 Å². The second-order valence-corrected chi connectivity index (χ2v) is 6.82. The fourth-order valence-corrected chi connectivity index (χ4v) is 3.03. The molecule has 1 aromatic heterocycles. The maximum absolute atomic E-state index is 12.1. The Bertz CT molecular complexity index is 1100. The summed E-state index contributed by atoms with van der Waals surface area (Å²) in [6.07, 6.45) is 0.253. The minimum atomic E-state index is -0.700. The highest BCUT2D eigenvalue weighted by atomic mass is 16.5. The number of aromatic nitrogens is 1. The van der Waals surface area contributed by atoms with Gasteiger partial charge in [-0.2, -0.15) is 0 Å². The van der Waals surface area contributed by atoms with Gasteiger partial charge in [-0.15, -0.1) is 0 Å². The van der Waals surface area contributed by atoms with Crippen LogP contribution in [-0.4, -0.2) is 34.9 Å². The number of carbonyl (C=O) groups is 3. The van der Waals surface area contributed by atoms with Crippen molar-refractivity contribution >= 4 is 28.8 Å². The Morgan fingerprint density at radius 3 is 2.50 bits per heavy atom. The van der Waals surface area contributed by atoms with Gasteiger partial charge in [-0.3, -0.25) is 19.0 Å². The number of carbonyl (C=O) groups excluding carboxylic acids is 3. The molecule has 1 amide bonds. The van der Waals surface area contributed by atoms with Crippen LogP contribution < -0.4 is 11.1 Å². The highest BCUT2D eigenvalue weighted by Gasteiger charge is 2.19. The van der Waals surface area contributed by atoms with Crippen molar-refractivity contribution in [3.8, 4) is 0 Å². The summed E-state index contributed by atoms with van der Waals surface area (Å²) in [6, 6.07) is 15.5. The second kappa shape index (κ2) is 9.69. The van der Waals surface area contributed by atoms with E-state index in [1.165, 1.54) is 11.5 Å². The predicted octanol–water partition coefficient (Wildman–Crippen LogP) is 1.84. The SMILES string of the molecule is CC(=O)[C@@H](Cc1ccccc1)NC(=O)COC(=O)CCn1c(=O)oc2ccccc21. The van der Waals surface area contributed by atoms with E-state index < -0.39 is 30.3 Å². The van der Waals surface area contributed by atoms with Crippen molar-refractivity contribution in [3.63, 3.8) is 0 Å². The first-order valence-corrected chi connectivity index (χ1v) is 9.52. The first kappa shape index (κ1) is 21.0. The summed E-state index contributed by atoms with van der Waals surface area (Å²) < 4.78 is 11.4.